The molecule has 2 aliphatic heterocycles. The number of hydrogen-bond acceptors (Lipinski definition) is 7. The van der Waals surface area contributed by atoms with Crippen LogP contribution in [0.4, 0.5) is 0 Å². The highest BCUT2D eigenvalue weighted by Gasteiger charge is 2.52. The molecule has 1 saturated heterocycles. The molecule has 0 saturated carbocycles. The number of sulfone groups is 1. The van der Waals surface area contributed by atoms with Gasteiger partial charge in [0.1, 0.15) is 5.54 Å². The van der Waals surface area contributed by atoms with Gasteiger partial charge in [0.15, 0.2) is 9.84 Å². The molecule has 35 heavy (non-hydrogen) atoms. The van der Waals surface area contributed by atoms with Crippen LogP contribution >= 0.6 is 0 Å². The second-order valence-electron chi connectivity index (χ2n) is 8.59. The van der Waals surface area contributed by atoms with Crippen LogP contribution in [-0.4, -0.2) is 54.1 Å². The Morgan fingerprint density at radius 2 is 1.69 bits per heavy atom. The van der Waals surface area contributed by atoms with E-state index in [1.807, 2.05) is 0 Å². The number of amides is 5. The second-order valence-corrected chi connectivity index (χ2v) is 10.9. The van der Waals surface area contributed by atoms with E-state index in [9.17, 15) is 32.4 Å². The Bertz CT molecular complexity index is 1380. The number of benzene rings is 2. The average Bonchev–Trinajstić information content (AvgIpc) is 3.10. The lowest BCUT2D eigenvalue weighted by Crippen LogP contribution is -2.62. The molecule has 10 nitrogen and oxygen atoms in total. The Hall–Kier alpha value is -3.86. The molecule has 0 aromatic heterocycles. The highest BCUT2D eigenvalue weighted by atomic mass is 32.2. The fourth-order valence-corrected chi connectivity index (χ4v) is 5.00. The average molecular weight is 498 g/mol. The van der Waals surface area contributed by atoms with Crippen LogP contribution in [0.2, 0.25) is 0 Å². The molecule has 0 bridgehead atoms. The molecular formula is C24H23N3O7S. The summed E-state index contributed by atoms with van der Waals surface area (Å²) in [6.45, 7) is 3.04. The van der Waals surface area contributed by atoms with E-state index in [1.165, 1.54) is 50.2 Å². The minimum atomic E-state index is -3.37. The van der Waals surface area contributed by atoms with Crippen molar-refractivity contribution in [3.63, 3.8) is 0 Å². The number of nitrogens with zero attached hydrogens (tertiary/aromatic N) is 1. The summed E-state index contributed by atoms with van der Waals surface area (Å²) in [5, 5.41) is 4.88. The molecule has 2 aromatic rings. The zero-order chi connectivity index (χ0) is 25.5. The maximum Gasteiger partial charge on any atom is 0.262 e. The Kier molecular flexibility index (Phi) is 6.05. The molecule has 2 aliphatic rings. The number of hydrogen-bond donors (Lipinski definition) is 2. The van der Waals surface area contributed by atoms with Crippen LogP contribution in [0.15, 0.2) is 47.4 Å². The van der Waals surface area contributed by atoms with E-state index in [0.29, 0.717) is 5.56 Å². The van der Waals surface area contributed by atoms with Crippen molar-refractivity contribution in [1.29, 1.82) is 0 Å². The zero-order valence-corrected chi connectivity index (χ0v) is 19.9. The Labute approximate surface area is 201 Å². The standard InChI is InChI=1S/C24H23N3O7S/c1-3-35(33,34)16-7-5-15(6-8-16)20(29)25-13-14-4-9-17-18(12-14)22(31)27(21(17)30)24(2)11-10-19(28)26-23(24)32/h4-9,12H,3,10-11,13H2,1-2H3,(H,25,29)(H,26,28,32)/t24-/m0/s1. The van der Waals surface area contributed by atoms with Crippen LogP contribution in [-0.2, 0) is 26.0 Å². The molecule has 4 rings (SSSR count). The highest BCUT2D eigenvalue weighted by Crippen LogP contribution is 2.34. The predicted octanol–water partition coefficient (Wildman–Crippen LogP) is 1.20. The molecule has 1 atom stereocenters. The zero-order valence-electron chi connectivity index (χ0n) is 19.1. The molecule has 5 amide bonds. The van der Waals surface area contributed by atoms with Crippen molar-refractivity contribution >= 4 is 39.4 Å². The SMILES string of the molecule is CCS(=O)(=O)c1ccc(C(=O)NCc2ccc3c(c2)C(=O)N([C@@]2(C)CCC(=O)NC2=O)C3=O)cc1. The van der Waals surface area contributed by atoms with Crippen molar-refractivity contribution < 1.29 is 32.4 Å². The van der Waals surface area contributed by atoms with E-state index in [4.69, 9.17) is 0 Å². The van der Waals surface area contributed by atoms with Crippen LogP contribution in [0.25, 0.3) is 0 Å². The maximum atomic E-state index is 13.1. The first-order chi connectivity index (χ1) is 16.5. The van der Waals surface area contributed by atoms with Gasteiger partial charge in [-0.3, -0.25) is 34.2 Å². The largest absolute Gasteiger partial charge is 0.348 e. The third-order valence-electron chi connectivity index (χ3n) is 6.33. The van der Waals surface area contributed by atoms with E-state index in [2.05, 4.69) is 10.6 Å². The van der Waals surface area contributed by atoms with Gasteiger partial charge in [-0.1, -0.05) is 13.0 Å². The Morgan fingerprint density at radius 1 is 1.03 bits per heavy atom. The Balaban J connectivity index is 1.48. The minimum Gasteiger partial charge on any atom is -0.348 e. The summed E-state index contributed by atoms with van der Waals surface area (Å²) in [6, 6.07) is 10.1. The molecule has 2 N–H and O–H groups in total. The van der Waals surface area contributed by atoms with Gasteiger partial charge in [0.2, 0.25) is 5.91 Å². The summed E-state index contributed by atoms with van der Waals surface area (Å²) in [7, 11) is -3.37. The quantitative estimate of drug-likeness (QED) is 0.570. The van der Waals surface area contributed by atoms with Gasteiger partial charge in [0, 0.05) is 18.5 Å². The molecule has 182 valence electrons. The summed E-state index contributed by atoms with van der Waals surface area (Å²) in [5.41, 5.74) is -0.402. The summed E-state index contributed by atoms with van der Waals surface area (Å²) in [6.07, 6.45) is 0.0443. The van der Waals surface area contributed by atoms with Crippen molar-refractivity contribution in [2.75, 3.05) is 5.75 Å². The van der Waals surface area contributed by atoms with Crippen molar-refractivity contribution in [3.05, 3.63) is 64.7 Å². The number of rotatable bonds is 6. The van der Waals surface area contributed by atoms with Gasteiger partial charge in [-0.25, -0.2) is 8.42 Å². The molecule has 1 fully saturated rings. The monoisotopic (exact) mass is 497 g/mol. The predicted molar refractivity (Wildman–Crippen MR) is 123 cm³/mol. The topological polar surface area (TPSA) is 147 Å². The van der Waals surface area contributed by atoms with Gasteiger partial charge >= 0.3 is 0 Å². The molecule has 0 unspecified atom stereocenters. The van der Waals surface area contributed by atoms with Crippen molar-refractivity contribution in [1.82, 2.24) is 15.5 Å². The van der Waals surface area contributed by atoms with E-state index in [0.717, 1.165) is 4.90 Å². The summed E-state index contributed by atoms with van der Waals surface area (Å²) < 4.78 is 23.8. The number of carbonyl (C=O) groups excluding carboxylic acids is 5. The smallest absolute Gasteiger partial charge is 0.262 e. The summed E-state index contributed by atoms with van der Waals surface area (Å²) in [5.74, 6) is -2.90. The van der Waals surface area contributed by atoms with Gasteiger partial charge in [-0.2, -0.15) is 0 Å². The van der Waals surface area contributed by atoms with Gasteiger partial charge < -0.3 is 5.32 Å². The normalized spacial score (nSPS) is 20.0. The summed E-state index contributed by atoms with van der Waals surface area (Å²) in [4.78, 5) is 63.6. The fraction of sp³-hybridized carbons (Fsp3) is 0.292. The molecule has 0 aliphatic carbocycles. The second kappa shape index (κ2) is 8.73. The number of nitrogens with one attached hydrogen (secondary N) is 2. The van der Waals surface area contributed by atoms with Gasteiger partial charge in [-0.05, 0) is 55.3 Å². The lowest BCUT2D eigenvalue weighted by atomic mass is 9.89. The van der Waals surface area contributed by atoms with Crippen molar-refractivity contribution in [3.8, 4) is 0 Å². The van der Waals surface area contributed by atoms with Crippen molar-refractivity contribution in [2.45, 2.75) is 43.7 Å². The third-order valence-corrected chi connectivity index (χ3v) is 8.08. The van der Waals surface area contributed by atoms with E-state index < -0.39 is 44.9 Å². The first-order valence-electron chi connectivity index (χ1n) is 10.9. The third kappa shape index (κ3) is 4.23. The van der Waals surface area contributed by atoms with E-state index >= 15 is 0 Å². The van der Waals surface area contributed by atoms with Crippen LogP contribution in [0.3, 0.4) is 0 Å². The minimum absolute atomic E-state index is 0.0122. The van der Waals surface area contributed by atoms with Gasteiger partial charge in [-0.15, -0.1) is 0 Å². The molecule has 0 radical (unpaired) electrons. The Morgan fingerprint density at radius 3 is 2.31 bits per heavy atom. The van der Waals surface area contributed by atoms with Crippen LogP contribution in [0, 0.1) is 0 Å². The number of piperidine rings is 1. The maximum absolute atomic E-state index is 13.1. The van der Waals surface area contributed by atoms with Crippen LogP contribution < -0.4 is 10.6 Å². The number of carbonyl (C=O) groups is 5. The number of imide groups is 2. The first-order valence-corrected chi connectivity index (χ1v) is 12.6. The molecule has 11 heteroatoms. The highest BCUT2D eigenvalue weighted by molar-refractivity contribution is 7.91. The molecule has 2 aromatic carbocycles. The lowest BCUT2D eigenvalue weighted by molar-refractivity contribution is -0.140. The molecular weight excluding hydrogens is 474 g/mol. The van der Waals surface area contributed by atoms with Crippen LogP contribution in [0.1, 0.15) is 63.3 Å². The van der Waals surface area contributed by atoms with E-state index in [-0.39, 0.29) is 46.7 Å². The van der Waals surface area contributed by atoms with Crippen molar-refractivity contribution in [2.24, 2.45) is 0 Å². The summed E-state index contributed by atoms with van der Waals surface area (Å²) >= 11 is 0. The first kappa shape index (κ1) is 24.3. The van der Waals surface area contributed by atoms with E-state index in [1.54, 1.807) is 6.07 Å². The van der Waals surface area contributed by atoms with Gasteiger partial charge in [0.05, 0.1) is 21.8 Å². The molecule has 2 heterocycles. The lowest BCUT2D eigenvalue weighted by Gasteiger charge is -2.38. The van der Waals surface area contributed by atoms with Gasteiger partial charge in [0.25, 0.3) is 23.6 Å². The fourth-order valence-electron chi connectivity index (χ4n) is 4.12. The van der Waals surface area contributed by atoms with Crippen LogP contribution in [0.5, 0.6) is 0 Å². The molecule has 0 spiro atoms. The number of fused-ring (bicyclic) bond motifs is 1.